The Balaban J connectivity index is 1.57. The van der Waals surface area contributed by atoms with Gasteiger partial charge < -0.3 is 19.9 Å². The van der Waals surface area contributed by atoms with E-state index in [0.29, 0.717) is 28.3 Å². The number of hydrogen-bond acceptors (Lipinski definition) is 5. The SMILES string of the molecule is CN=C(NCc1nc(-c2cccc(Cl)c2)no1)NCc1ccccc1OC(F)F. The van der Waals surface area contributed by atoms with Crippen LogP contribution in [0.3, 0.4) is 0 Å². The van der Waals surface area contributed by atoms with Gasteiger partial charge in [0.25, 0.3) is 0 Å². The molecule has 0 fully saturated rings. The summed E-state index contributed by atoms with van der Waals surface area (Å²) in [5.74, 6) is 1.31. The maximum absolute atomic E-state index is 12.5. The fraction of sp³-hybridized carbons (Fsp3) is 0.211. The molecule has 0 radical (unpaired) electrons. The van der Waals surface area contributed by atoms with Gasteiger partial charge in [0.1, 0.15) is 5.75 Å². The van der Waals surface area contributed by atoms with E-state index < -0.39 is 6.61 Å². The van der Waals surface area contributed by atoms with Crippen LogP contribution in [-0.2, 0) is 13.1 Å². The zero-order valence-corrected chi connectivity index (χ0v) is 16.2. The fourth-order valence-corrected chi connectivity index (χ4v) is 2.68. The average Bonchev–Trinajstić information content (AvgIpc) is 3.18. The molecule has 0 aliphatic heterocycles. The molecular formula is C19H18ClF2N5O2. The van der Waals surface area contributed by atoms with Crippen molar-refractivity contribution in [2.75, 3.05) is 7.05 Å². The molecule has 3 aromatic rings. The van der Waals surface area contributed by atoms with Crippen LogP contribution in [0.2, 0.25) is 5.02 Å². The summed E-state index contributed by atoms with van der Waals surface area (Å²) in [7, 11) is 1.59. The van der Waals surface area contributed by atoms with Crippen molar-refractivity contribution in [2.45, 2.75) is 19.7 Å². The van der Waals surface area contributed by atoms with Crippen LogP contribution in [0.15, 0.2) is 58.0 Å². The molecule has 152 valence electrons. The second-order valence-corrected chi connectivity index (χ2v) is 6.22. The number of benzene rings is 2. The number of halogens is 3. The van der Waals surface area contributed by atoms with Gasteiger partial charge in [-0.2, -0.15) is 13.8 Å². The van der Waals surface area contributed by atoms with E-state index in [-0.39, 0.29) is 18.8 Å². The Bertz CT molecular complexity index is 980. The van der Waals surface area contributed by atoms with Crippen LogP contribution in [-0.4, -0.2) is 29.8 Å². The van der Waals surface area contributed by atoms with E-state index in [1.807, 2.05) is 6.07 Å². The molecule has 0 saturated heterocycles. The number of guanidine groups is 1. The zero-order chi connectivity index (χ0) is 20.6. The summed E-state index contributed by atoms with van der Waals surface area (Å²) >= 11 is 5.97. The molecule has 1 heterocycles. The molecule has 0 atom stereocenters. The molecule has 0 unspecified atom stereocenters. The Morgan fingerprint density at radius 2 is 1.97 bits per heavy atom. The second kappa shape index (κ2) is 9.83. The summed E-state index contributed by atoms with van der Waals surface area (Å²) in [4.78, 5) is 8.39. The van der Waals surface area contributed by atoms with Crippen molar-refractivity contribution in [1.29, 1.82) is 0 Å². The number of aliphatic imine (C=N–C) groups is 1. The van der Waals surface area contributed by atoms with Crippen molar-refractivity contribution in [2.24, 2.45) is 4.99 Å². The van der Waals surface area contributed by atoms with Gasteiger partial charge in [-0.05, 0) is 18.2 Å². The third kappa shape index (κ3) is 5.89. The van der Waals surface area contributed by atoms with Crippen molar-refractivity contribution in [3.05, 3.63) is 65.0 Å². The van der Waals surface area contributed by atoms with E-state index in [0.717, 1.165) is 5.56 Å². The Kier molecular flexibility index (Phi) is 6.96. The van der Waals surface area contributed by atoms with Crippen molar-refractivity contribution in [3.8, 4) is 17.1 Å². The molecule has 2 aromatic carbocycles. The van der Waals surface area contributed by atoms with E-state index in [9.17, 15) is 8.78 Å². The summed E-state index contributed by atoms with van der Waals surface area (Å²) in [5, 5.41) is 10.6. The van der Waals surface area contributed by atoms with Gasteiger partial charge >= 0.3 is 6.61 Å². The quantitative estimate of drug-likeness (QED) is 0.445. The molecule has 7 nitrogen and oxygen atoms in total. The lowest BCUT2D eigenvalue weighted by atomic mass is 10.2. The van der Waals surface area contributed by atoms with E-state index in [1.54, 1.807) is 43.4 Å². The lowest BCUT2D eigenvalue weighted by Gasteiger charge is -2.13. The Morgan fingerprint density at radius 1 is 1.17 bits per heavy atom. The summed E-state index contributed by atoms with van der Waals surface area (Å²) in [6.07, 6.45) is 0. The molecule has 0 aliphatic rings. The minimum absolute atomic E-state index is 0.105. The van der Waals surface area contributed by atoms with Gasteiger partial charge in [0.15, 0.2) is 5.96 Å². The molecule has 1 aromatic heterocycles. The van der Waals surface area contributed by atoms with Crippen LogP contribution < -0.4 is 15.4 Å². The number of rotatable bonds is 7. The van der Waals surface area contributed by atoms with Gasteiger partial charge in [-0.25, -0.2) is 0 Å². The minimum Gasteiger partial charge on any atom is -0.434 e. The van der Waals surface area contributed by atoms with Gasteiger partial charge in [-0.3, -0.25) is 4.99 Å². The summed E-state index contributed by atoms with van der Waals surface area (Å²) in [5.41, 5.74) is 1.31. The Hall–Kier alpha value is -3.20. The second-order valence-electron chi connectivity index (χ2n) is 5.79. The first kappa shape index (κ1) is 20.5. The number of nitrogens with one attached hydrogen (secondary N) is 2. The number of aromatic nitrogens is 2. The summed E-state index contributed by atoms with van der Waals surface area (Å²) in [6, 6.07) is 13.7. The van der Waals surface area contributed by atoms with E-state index in [4.69, 9.17) is 16.1 Å². The topological polar surface area (TPSA) is 84.6 Å². The number of ether oxygens (including phenoxy) is 1. The molecule has 3 rings (SSSR count). The molecule has 2 N–H and O–H groups in total. The number of nitrogens with zero attached hydrogens (tertiary/aromatic N) is 3. The minimum atomic E-state index is -2.89. The van der Waals surface area contributed by atoms with Crippen molar-refractivity contribution < 1.29 is 18.0 Å². The van der Waals surface area contributed by atoms with E-state index in [2.05, 4.69) is 30.5 Å². The molecule has 0 saturated carbocycles. The van der Waals surface area contributed by atoms with Crippen LogP contribution in [0.5, 0.6) is 5.75 Å². The van der Waals surface area contributed by atoms with Crippen LogP contribution in [0.1, 0.15) is 11.5 Å². The highest BCUT2D eigenvalue weighted by atomic mass is 35.5. The summed E-state index contributed by atoms with van der Waals surface area (Å²) < 4.78 is 34.8. The number of alkyl halides is 2. The molecule has 0 spiro atoms. The van der Waals surface area contributed by atoms with Crippen LogP contribution in [0.25, 0.3) is 11.4 Å². The lowest BCUT2D eigenvalue weighted by molar-refractivity contribution is -0.0504. The van der Waals surface area contributed by atoms with Gasteiger partial charge in [0, 0.05) is 29.7 Å². The van der Waals surface area contributed by atoms with Gasteiger partial charge in [-0.1, -0.05) is 47.1 Å². The normalized spacial score (nSPS) is 11.6. The van der Waals surface area contributed by atoms with Crippen molar-refractivity contribution in [1.82, 2.24) is 20.8 Å². The molecule has 0 aliphatic carbocycles. The van der Waals surface area contributed by atoms with Gasteiger partial charge in [-0.15, -0.1) is 0 Å². The van der Waals surface area contributed by atoms with Crippen molar-refractivity contribution >= 4 is 17.6 Å². The molecule has 10 heteroatoms. The smallest absolute Gasteiger partial charge is 0.387 e. The highest BCUT2D eigenvalue weighted by Gasteiger charge is 2.11. The van der Waals surface area contributed by atoms with Gasteiger partial charge in [0.2, 0.25) is 11.7 Å². The standard InChI is InChI=1S/C19H18ClF2N5O2/c1-23-19(24-10-13-5-2-3-8-15(13)28-18(21)22)25-11-16-26-17(27-29-16)12-6-4-7-14(20)9-12/h2-9,18H,10-11H2,1H3,(H2,23,24,25). The zero-order valence-electron chi connectivity index (χ0n) is 15.4. The first-order valence-corrected chi connectivity index (χ1v) is 8.98. The molecular weight excluding hydrogens is 404 g/mol. The number of hydrogen-bond donors (Lipinski definition) is 2. The fourth-order valence-electron chi connectivity index (χ4n) is 2.49. The van der Waals surface area contributed by atoms with E-state index >= 15 is 0 Å². The van der Waals surface area contributed by atoms with Crippen LogP contribution >= 0.6 is 11.6 Å². The maximum atomic E-state index is 12.5. The van der Waals surface area contributed by atoms with Crippen molar-refractivity contribution in [3.63, 3.8) is 0 Å². The van der Waals surface area contributed by atoms with E-state index in [1.165, 1.54) is 6.07 Å². The predicted octanol–water partition coefficient (Wildman–Crippen LogP) is 3.86. The lowest BCUT2D eigenvalue weighted by Crippen LogP contribution is -2.36. The Morgan fingerprint density at radius 3 is 2.72 bits per heavy atom. The van der Waals surface area contributed by atoms with Crippen LogP contribution in [0, 0.1) is 0 Å². The average molecular weight is 422 g/mol. The first-order valence-electron chi connectivity index (χ1n) is 8.61. The highest BCUT2D eigenvalue weighted by molar-refractivity contribution is 6.30. The Labute approximate surface area is 170 Å². The summed E-state index contributed by atoms with van der Waals surface area (Å²) in [6.45, 7) is -2.43. The monoisotopic (exact) mass is 421 g/mol. The predicted molar refractivity (Wildman–Crippen MR) is 105 cm³/mol. The highest BCUT2D eigenvalue weighted by Crippen LogP contribution is 2.21. The van der Waals surface area contributed by atoms with Gasteiger partial charge in [0.05, 0.1) is 6.54 Å². The molecule has 0 bridgehead atoms. The molecule has 0 amide bonds. The number of para-hydroxylation sites is 1. The van der Waals surface area contributed by atoms with Crippen LogP contribution in [0.4, 0.5) is 8.78 Å². The third-order valence-electron chi connectivity index (χ3n) is 3.82. The molecule has 29 heavy (non-hydrogen) atoms. The maximum Gasteiger partial charge on any atom is 0.387 e. The third-order valence-corrected chi connectivity index (χ3v) is 4.05. The largest absolute Gasteiger partial charge is 0.434 e. The first-order chi connectivity index (χ1) is 14.0.